The predicted molar refractivity (Wildman–Crippen MR) is 70.0 cm³/mol. The maximum atomic E-state index is 5.47. The van der Waals surface area contributed by atoms with Crippen molar-refractivity contribution >= 4 is 0 Å². The van der Waals surface area contributed by atoms with E-state index in [2.05, 4.69) is 5.32 Å². The number of furan rings is 1. The molecule has 0 saturated carbocycles. The van der Waals surface area contributed by atoms with Crippen molar-refractivity contribution < 1.29 is 13.9 Å². The van der Waals surface area contributed by atoms with Gasteiger partial charge in [0.25, 0.3) is 0 Å². The maximum absolute atomic E-state index is 5.47. The first-order chi connectivity index (χ1) is 8.80. The Morgan fingerprint density at radius 2 is 1.94 bits per heavy atom. The van der Waals surface area contributed by atoms with Crippen molar-refractivity contribution in [2.75, 3.05) is 21.3 Å². The molecule has 0 bridgehead atoms. The number of hydrogen-bond acceptors (Lipinski definition) is 4. The lowest BCUT2D eigenvalue weighted by molar-refractivity contribution is 0.395. The minimum absolute atomic E-state index is 0.678. The number of methoxy groups -OCH3 is 2. The van der Waals surface area contributed by atoms with Gasteiger partial charge in [-0.05, 0) is 25.2 Å². The van der Waals surface area contributed by atoms with Crippen LogP contribution in [0.15, 0.2) is 34.9 Å². The lowest BCUT2D eigenvalue weighted by atomic mass is 10.0. The van der Waals surface area contributed by atoms with Gasteiger partial charge in [-0.15, -0.1) is 0 Å². The van der Waals surface area contributed by atoms with Crippen molar-refractivity contribution in [2.24, 2.45) is 0 Å². The van der Waals surface area contributed by atoms with Gasteiger partial charge in [0.1, 0.15) is 17.3 Å². The fourth-order valence-corrected chi connectivity index (χ4v) is 1.90. The van der Waals surface area contributed by atoms with Crippen molar-refractivity contribution in [2.45, 2.75) is 6.54 Å². The van der Waals surface area contributed by atoms with Crippen LogP contribution in [0.3, 0.4) is 0 Å². The Bertz CT molecular complexity index is 520. The van der Waals surface area contributed by atoms with E-state index in [4.69, 9.17) is 13.9 Å². The fourth-order valence-electron chi connectivity index (χ4n) is 1.90. The summed E-state index contributed by atoms with van der Waals surface area (Å²) in [6.45, 7) is 0.678. The van der Waals surface area contributed by atoms with Crippen molar-refractivity contribution in [3.05, 3.63) is 36.3 Å². The van der Waals surface area contributed by atoms with Gasteiger partial charge in [0.05, 0.1) is 27.0 Å². The SMILES string of the molecule is CNCc1occc1-c1ccc(OC)cc1OC. The summed E-state index contributed by atoms with van der Waals surface area (Å²) < 4.78 is 16.1. The topological polar surface area (TPSA) is 43.6 Å². The van der Waals surface area contributed by atoms with Crippen LogP contribution in [0.1, 0.15) is 5.76 Å². The van der Waals surface area contributed by atoms with Gasteiger partial charge in [-0.2, -0.15) is 0 Å². The molecule has 0 radical (unpaired) electrons. The molecule has 1 N–H and O–H groups in total. The summed E-state index contributed by atoms with van der Waals surface area (Å²) >= 11 is 0. The van der Waals surface area contributed by atoms with Crippen LogP contribution in [-0.2, 0) is 6.54 Å². The van der Waals surface area contributed by atoms with Gasteiger partial charge in [0.15, 0.2) is 0 Å². The molecule has 0 atom stereocenters. The maximum Gasteiger partial charge on any atom is 0.130 e. The minimum atomic E-state index is 0.678. The van der Waals surface area contributed by atoms with E-state index >= 15 is 0 Å². The van der Waals surface area contributed by atoms with E-state index in [0.717, 1.165) is 28.4 Å². The first kappa shape index (κ1) is 12.5. The zero-order chi connectivity index (χ0) is 13.0. The third kappa shape index (κ3) is 2.33. The average Bonchev–Trinajstić information content (AvgIpc) is 2.86. The minimum Gasteiger partial charge on any atom is -0.497 e. The highest BCUT2D eigenvalue weighted by atomic mass is 16.5. The molecule has 18 heavy (non-hydrogen) atoms. The highest BCUT2D eigenvalue weighted by molar-refractivity contribution is 5.73. The number of nitrogens with one attached hydrogen (secondary N) is 1. The lowest BCUT2D eigenvalue weighted by Gasteiger charge is -2.10. The van der Waals surface area contributed by atoms with Crippen LogP contribution in [0.5, 0.6) is 11.5 Å². The molecule has 0 aliphatic carbocycles. The van der Waals surface area contributed by atoms with E-state index in [1.54, 1.807) is 20.5 Å². The molecule has 4 nitrogen and oxygen atoms in total. The van der Waals surface area contributed by atoms with E-state index in [-0.39, 0.29) is 0 Å². The first-order valence-corrected chi connectivity index (χ1v) is 5.73. The van der Waals surface area contributed by atoms with Crippen LogP contribution in [0.4, 0.5) is 0 Å². The molecule has 96 valence electrons. The summed E-state index contributed by atoms with van der Waals surface area (Å²) in [6, 6.07) is 7.69. The molecular formula is C14H17NO3. The van der Waals surface area contributed by atoms with Gasteiger partial charge < -0.3 is 19.2 Å². The molecular weight excluding hydrogens is 230 g/mol. The van der Waals surface area contributed by atoms with E-state index in [9.17, 15) is 0 Å². The smallest absolute Gasteiger partial charge is 0.130 e. The van der Waals surface area contributed by atoms with E-state index in [0.29, 0.717) is 6.54 Å². The van der Waals surface area contributed by atoms with Crippen LogP contribution in [-0.4, -0.2) is 21.3 Å². The quantitative estimate of drug-likeness (QED) is 0.882. The largest absolute Gasteiger partial charge is 0.497 e. The Labute approximate surface area is 107 Å². The van der Waals surface area contributed by atoms with Crippen molar-refractivity contribution in [1.82, 2.24) is 5.32 Å². The number of ether oxygens (including phenoxy) is 2. The van der Waals surface area contributed by atoms with Gasteiger partial charge in [-0.3, -0.25) is 0 Å². The van der Waals surface area contributed by atoms with E-state index in [1.807, 2.05) is 31.3 Å². The second-order valence-corrected chi connectivity index (χ2v) is 3.85. The molecule has 0 aliphatic heterocycles. The summed E-state index contributed by atoms with van der Waals surface area (Å²) in [5, 5.41) is 3.08. The zero-order valence-electron chi connectivity index (χ0n) is 10.8. The lowest BCUT2D eigenvalue weighted by Crippen LogP contribution is -2.05. The third-order valence-electron chi connectivity index (χ3n) is 2.78. The molecule has 0 saturated heterocycles. The zero-order valence-corrected chi connectivity index (χ0v) is 10.8. The van der Waals surface area contributed by atoms with Gasteiger partial charge >= 0.3 is 0 Å². The molecule has 4 heteroatoms. The van der Waals surface area contributed by atoms with Crippen LogP contribution in [0.25, 0.3) is 11.1 Å². The summed E-state index contributed by atoms with van der Waals surface area (Å²) in [7, 11) is 5.17. The van der Waals surface area contributed by atoms with Gasteiger partial charge in [0.2, 0.25) is 0 Å². The standard InChI is InChI=1S/C14H17NO3/c1-15-9-14-12(6-7-18-14)11-5-4-10(16-2)8-13(11)17-3/h4-8,15H,9H2,1-3H3. The molecule has 0 amide bonds. The van der Waals surface area contributed by atoms with Crippen molar-refractivity contribution in [1.29, 1.82) is 0 Å². The molecule has 1 aromatic heterocycles. The summed E-state index contributed by atoms with van der Waals surface area (Å²) in [5.41, 5.74) is 2.03. The molecule has 2 aromatic rings. The Morgan fingerprint density at radius 1 is 1.11 bits per heavy atom. The Morgan fingerprint density at radius 3 is 2.61 bits per heavy atom. The molecule has 0 fully saturated rings. The van der Waals surface area contributed by atoms with Gasteiger partial charge in [-0.25, -0.2) is 0 Å². The van der Waals surface area contributed by atoms with Crippen LogP contribution < -0.4 is 14.8 Å². The highest BCUT2D eigenvalue weighted by Crippen LogP contribution is 2.35. The Balaban J connectivity index is 2.46. The molecule has 2 rings (SSSR count). The normalized spacial score (nSPS) is 10.4. The third-order valence-corrected chi connectivity index (χ3v) is 2.78. The molecule has 0 aliphatic rings. The summed E-state index contributed by atoms with van der Waals surface area (Å²) in [4.78, 5) is 0. The van der Waals surface area contributed by atoms with Gasteiger partial charge in [-0.1, -0.05) is 0 Å². The van der Waals surface area contributed by atoms with Gasteiger partial charge in [0, 0.05) is 17.2 Å². The van der Waals surface area contributed by atoms with Crippen LogP contribution in [0, 0.1) is 0 Å². The second-order valence-electron chi connectivity index (χ2n) is 3.85. The molecule has 1 aromatic carbocycles. The second kappa shape index (κ2) is 5.60. The number of hydrogen-bond donors (Lipinski definition) is 1. The molecule has 0 unspecified atom stereocenters. The van der Waals surface area contributed by atoms with Crippen molar-refractivity contribution in [3.63, 3.8) is 0 Å². The molecule has 1 heterocycles. The Hall–Kier alpha value is -1.94. The van der Waals surface area contributed by atoms with E-state index in [1.165, 1.54) is 0 Å². The highest BCUT2D eigenvalue weighted by Gasteiger charge is 2.13. The van der Waals surface area contributed by atoms with Crippen LogP contribution >= 0.6 is 0 Å². The number of benzene rings is 1. The van der Waals surface area contributed by atoms with E-state index < -0.39 is 0 Å². The predicted octanol–water partition coefficient (Wildman–Crippen LogP) is 2.68. The number of rotatable bonds is 5. The molecule has 0 spiro atoms. The fraction of sp³-hybridized carbons (Fsp3) is 0.286. The van der Waals surface area contributed by atoms with Crippen LogP contribution in [0.2, 0.25) is 0 Å². The monoisotopic (exact) mass is 247 g/mol. The van der Waals surface area contributed by atoms with Crippen molar-refractivity contribution in [3.8, 4) is 22.6 Å². The summed E-state index contributed by atoms with van der Waals surface area (Å²) in [5.74, 6) is 2.43. The summed E-state index contributed by atoms with van der Waals surface area (Å²) in [6.07, 6.45) is 1.69. The first-order valence-electron chi connectivity index (χ1n) is 5.73. The average molecular weight is 247 g/mol. The Kier molecular flexibility index (Phi) is 3.89.